The number of likely N-dealkylation sites (tertiary alicyclic amines) is 2. The minimum absolute atomic E-state index is 0.0253. The van der Waals surface area contributed by atoms with Crippen LogP contribution in [0.2, 0.25) is 0 Å². The number of esters is 1. The Morgan fingerprint density at radius 1 is 1.00 bits per heavy atom. The van der Waals surface area contributed by atoms with Crippen LogP contribution in [0.4, 0.5) is 0 Å². The first-order valence-electron chi connectivity index (χ1n) is 13.8. The van der Waals surface area contributed by atoms with E-state index in [4.69, 9.17) is 15.9 Å². The molecule has 0 N–H and O–H groups in total. The molecule has 4 rings (SSSR count). The lowest BCUT2D eigenvalue weighted by Crippen LogP contribution is -2.44. The van der Waals surface area contributed by atoms with Gasteiger partial charge in [-0.15, -0.1) is 6.42 Å². The van der Waals surface area contributed by atoms with Gasteiger partial charge in [-0.05, 0) is 68.9 Å². The molecule has 7 nitrogen and oxygen atoms in total. The number of hydrogen-bond donors (Lipinski definition) is 0. The number of piperidine rings is 1. The summed E-state index contributed by atoms with van der Waals surface area (Å²) in [6.45, 7) is 6.76. The zero-order valence-corrected chi connectivity index (χ0v) is 23.2. The third-order valence-electron chi connectivity index (χ3n) is 7.63. The monoisotopic (exact) mass is 540 g/mol. The fourth-order valence-corrected chi connectivity index (χ4v) is 5.39. The van der Waals surface area contributed by atoms with Gasteiger partial charge in [0.25, 0.3) is 5.91 Å². The Hall–Kier alpha value is -4.31. The molecule has 0 aromatic heterocycles. The summed E-state index contributed by atoms with van der Waals surface area (Å²) >= 11 is 0. The molecule has 1 spiro atoms. The second-order valence-electron chi connectivity index (χ2n) is 10.2. The number of terminal acetylenes is 1. The molecule has 208 valence electrons. The molecule has 0 aliphatic carbocycles. The lowest BCUT2D eigenvalue weighted by molar-refractivity contribution is -0.128. The molecule has 0 bridgehead atoms. The normalized spacial score (nSPS) is 17.2. The van der Waals surface area contributed by atoms with Crippen LogP contribution < -0.4 is 4.74 Å². The van der Waals surface area contributed by atoms with Crippen LogP contribution in [0.3, 0.4) is 0 Å². The van der Waals surface area contributed by atoms with Gasteiger partial charge in [0.05, 0.1) is 17.7 Å². The maximum absolute atomic E-state index is 13.5. The zero-order chi connectivity index (χ0) is 28.5. The number of rotatable bonds is 8. The van der Waals surface area contributed by atoms with Crippen molar-refractivity contribution in [3.63, 3.8) is 0 Å². The molecule has 2 aromatic carbocycles. The van der Waals surface area contributed by atoms with Gasteiger partial charge >= 0.3 is 5.97 Å². The average Bonchev–Trinajstić information content (AvgIpc) is 3.39. The van der Waals surface area contributed by atoms with Gasteiger partial charge < -0.3 is 19.3 Å². The van der Waals surface area contributed by atoms with Crippen molar-refractivity contribution in [2.75, 3.05) is 32.8 Å². The fraction of sp³-hybridized carbons (Fsp3) is 0.364. The predicted octanol–water partition coefficient (Wildman–Crippen LogP) is 4.99. The Balaban J connectivity index is 1.36. The summed E-state index contributed by atoms with van der Waals surface area (Å²) in [5, 5.41) is 0. The second-order valence-corrected chi connectivity index (χ2v) is 10.2. The Bertz CT molecular complexity index is 1330. The van der Waals surface area contributed by atoms with E-state index in [1.807, 2.05) is 41.0 Å². The van der Waals surface area contributed by atoms with Crippen molar-refractivity contribution >= 4 is 23.9 Å². The van der Waals surface area contributed by atoms with E-state index in [1.165, 1.54) is 0 Å². The molecule has 2 saturated heterocycles. The van der Waals surface area contributed by atoms with Crippen molar-refractivity contribution in [1.29, 1.82) is 0 Å². The summed E-state index contributed by atoms with van der Waals surface area (Å²) in [4.78, 5) is 43.0. The second kappa shape index (κ2) is 13.2. The van der Waals surface area contributed by atoms with Crippen molar-refractivity contribution in [3.05, 3.63) is 83.4 Å². The van der Waals surface area contributed by atoms with Gasteiger partial charge in [-0.3, -0.25) is 9.59 Å². The number of ether oxygens (including phenoxy) is 2. The number of carbonyl (C=O) groups is 3. The highest BCUT2D eigenvalue weighted by molar-refractivity contribution is 6.05. The average molecular weight is 541 g/mol. The summed E-state index contributed by atoms with van der Waals surface area (Å²) in [5.41, 5.74) is 1.35. The van der Waals surface area contributed by atoms with Crippen LogP contribution in [0.15, 0.2) is 66.8 Å². The number of carbonyl (C=O) groups excluding carboxylic acids is 3. The number of hydrogen-bond acceptors (Lipinski definition) is 5. The molecule has 2 amide bonds. The smallest absolute Gasteiger partial charge is 0.340 e. The van der Waals surface area contributed by atoms with Gasteiger partial charge in [0, 0.05) is 37.8 Å². The van der Waals surface area contributed by atoms with Gasteiger partial charge in [0.2, 0.25) is 5.91 Å². The van der Waals surface area contributed by atoms with Crippen molar-refractivity contribution < 1.29 is 23.9 Å². The molecule has 0 saturated carbocycles. The molecule has 1 atom stereocenters. The van der Waals surface area contributed by atoms with E-state index in [-0.39, 0.29) is 22.8 Å². The number of nitrogens with zero attached hydrogens (tertiary/aromatic N) is 2. The molecule has 2 fully saturated rings. The van der Waals surface area contributed by atoms with Crippen LogP contribution in [0, 0.1) is 17.8 Å². The zero-order valence-electron chi connectivity index (χ0n) is 23.2. The number of allylic oxidation sites excluding steroid dienone is 1. The number of benzene rings is 2. The molecular formula is C33H36N2O5. The molecule has 2 aromatic rings. The highest BCUT2D eigenvalue weighted by atomic mass is 16.5. The molecule has 0 radical (unpaired) electrons. The van der Waals surface area contributed by atoms with Crippen LogP contribution in [-0.4, -0.2) is 66.5 Å². The van der Waals surface area contributed by atoms with Gasteiger partial charge in [0.1, 0.15) is 5.75 Å². The fourth-order valence-electron chi connectivity index (χ4n) is 5.39. The van der Waals surface area contributed by atoms with Crippen LogP contribution >= 0.6 is 0 Å². The van der Waals surface area contributed by atoms with E-state index in [2.05, 4.69) is 5.92 Å². The van der Waals surface area contributed by atoms with Crippen LogP contribution in [-0.2, 0) is 9.53 Å². The number of amides is 2. The third-order valence-corrected chi connectivity index (χ3v) is 7.63. The summed E-state index contributed by atoms with van der Waals surface area (Å²) < 4.78 is 11.1. The van der Waals surface area contributed by atoms with Crippen LogP contribution in [0.1, 0.15) is 59.4 Å². The summed E-state index contributed by atoms with van der Waals surface area (Å²) in [5.74, 6) is 2.33. The lowest BCUT2D eigenvalue weighted by atomic mass is 9.77. The van der Waals surface area contributed by atoms with E-state index in [0.29, 0.717) is 38.3 Å². The highest BCUT2D eigenvalue weighted by Crippen LogP contribution is 2.41. The molecule has 2 aliphatic heterocycles. The Labute approximate surface area is 236 Å². The van der Waals surface area contributed by atoms with Gasteiger partial charge in [-0.1, -0.05) is 42.3 Å². The van der Waals surface area contributed by atoms with E-state index >= 15 is 0 Å². The summed E-state index contributed by atoms with van der Waals surface area (Å²) in [7, 11) is 0. The maximum atomic E-state index is 13.5. The van der Waals surface area contributed by atoms with Crippen molar-refractivity contribution in [1.82, 2.24) is 9.80 Å². The van der Waals surface area contributed by atoms with Gasteiger partial charge in [-0.25, -0.2) is 4.79 Å². The molecular weight excluding hydrogens is 504 g/mol. The quantitative estimate of drug-likeness (QED) is 0.204. The lowest BCUT2D eigenvalue weighted by Gasteiger charge is -2.39. The first-order valence-corrected chi connectivity index (χ1v) is 13.8. The minimum Gasteiger partial charge on any atom is -0.493 e. The minimum atomic E-state index is -0.794. The molecule has 7 heteroatoms. The number of para-hydroxylation sites is 1. The summed E-state index contributed by atoms with van der Waals surface area (Å²) in [6, 6.07) is 14.3. The van der Waals surface area contributed by atoms with Gasteiger partial charge in [0.15, 0.2) is 6.10 Å². The Kier molecular flexibility index (Phi) is 9.44. The molecule has 1 unspecified atom stereocenters. The Morgan fingerprint density at radius 3 is 2.33 bits per heavy atom. The topological polar surface area (TPSA) is 76.2 Å². The molecule has 2 heterocycles. The largest absolute Gasteiger partial charge is 0.493 e. The first-order chi connectivity index (χ1) is 19.4. The van der Waals surface area contributed by atoms with Crippen molar-refractivity contribution in [3.8, 4) is 18.1 Å². The SMILES string of the molecule is C#CC(C=CC)OC(=O)c1ccccc1C(=O)N1CCC2(CCN(C(=O)C=Cc3ccccc3OCC)CC2)C1. The van der Waals surface area contributed by atoms with E-state index in [1.54, 1.807) is 55.5 Å². The first kappa shape index (κ1) is 28.7. The van der Waals surface area contributed by atoms with Crippen molar-refractivity contribution in [2.45, 2.75) is 39.2 Å². The van der Waals surface area contributed by atoms with E-state index in [9.17, 15) is 14.4 Å². The van der Waals surface area contributed by atoms with Crippen molar-refractivity contribution in [2.24, 2.45) is 5.41 Å². The third kappa shape index (κ3) is 6.63. The van der Waals surface area contributed by atoms with Gasteiger partial charge in [-0.2, -0.15) is 0 Å². The van der Waals surface area contributed by atoms with E-state index in [0.717, 1.165) is 30.6 Å². The maximum Gasteiger partial charge on any atom is 0.340 e. The Morgan fingerprint density at radius 2 is 1.65 bits per heavy atom. The van der Waals surface area contributed by atoms with E-state index < -0.39 is 12.1 Å². The van der Waals surface area contributed by atoms with Crippen LogP contribution in [0.25, 0.3) is 6.08 Å². The standard InChI is InChI=1S/C33H36N2O5/c1-4-11-26(5-2)40-32(38)28-14-9-8-13-27(28)31(37)35-23-20-33(24-35)18-21-34(22-19-33)30(36)17-16-25-12-7-10-15-29(25)39-6-3/h2,4,7-17,26H,6,18-24H2,1,3H3. The predicted molar refractivity (Wildman–Crippen MR) is 155 cm³/mol. The summed E-state index contributed by atoms with van der Waals surface area (Å²) in [6.07, 6.45) is 13.9. The molecule has 40 heavy (non-hydrogen) atoms. The van der Waals surface area contributed by atoms with Crippen LogP contribution in [0.5, 0.6) is 5.75 Å². The highest BCUT2D eigenvalue weighted by Gasteiger charge is 2.43. The molecule has 2 aliphatic rings.